The van der Waals surface area contributed by atoms with Gasteiger partial charge >= 0.3 is 5.97 Å². The molecule has 0 bridgehead atoms. The van der Waals surface area contributed by atoms with Crippen molar-refractivity contribution in [2.45, 2.75) is 38.7 Å². The van der Waals surface area contributed by atoms with E-state index in [1.165, 1.54) is 6.33 Å². The molecule has 7 heteroatoms. The van der Waals surface area contributed by atoms with Crippen LogP contribution >= 0.6 is 11.6 Å². The lowest BCUT2D eigenvalue weighted by Crippen LogP contribution is -2.30. The number of ether oxygens (including phenoxy) is 2. The molecule has 3 heterocycles. The van der Waals surface area contributed by atoms with Crippen LogP contribution in [-0.2, 0) is 9.47 Å². The SMILES string of the molecule is CC[C@H]1O[C@@H](n2ccc3c(Cl)ncnc32)C(OC(=O)c2ccccc2)[C@@H]1C. The Balaban J connectivity index is 1.69. The summed E-state index contributed by atoms with van der Waals surface area (Å²) in [6.45, 7) is 4.11. The van der Waals surface area contributed by atoms with Crippen LogP contribution in [0.2, 0.25) is 5.15 Å². The van der Waals surface area contributed by atoms with E-state index < -0.39 is 12.3 Å². The Hall–Kier alpha value is -2.44. The second-order valence-electron chi connectivity index (χ2n) is 6.69. The number of halogens is 1. The van der Waals surface area contributed by atoms with Gasteiger partial charge in [-0.3, -0.25) is 0 Å². The van der Waals surface area contributed by atoms with Crippen molar-refractivity contribution >= 4 is 28.6 Å². The number of hydrogen-bond acceptors (Lipinski definition) is 5. The maximum atomic E-state index is 12.6. The molecule has 140 valence electrons. The number of hydrogen-bond donors (Lipinski definition) is 0. The van der Waals surface area contributed by atoms with Gasteiger partial charge in [0, 0.05) is 12.1 Å². The molecule has 4 atom stereocenters. The molecular formula is C20H20ClN3O3. The predicted octanol–water partition coefficient (Wildman–Crippen LogP) is 4.25. The molecule has 1 aromatic carbocycles. The van der Waals surface area contributed by atoms with E-state index >= 15 is 0 Å². The van der Waals surface area contributed by atoms with Crippen molar-refractivity contribution < 1.29 is 14.3 Å². The molecule has 0 radical (unpaired) electrons. The average Bonchev–Trinajstić information content (AvgIpc) is 3.25. The quantitative estimate of drug-likeness (QED) is 0.496. The Labute approximate surface area is 162 Å². The summed E-state index contributed by atoms with van der Waals surface area (Å²) in [5.74, 6) is -0.315. The van der Waals surface area contributed by atoms with Crippen LogP contribution in [0.5, 0.6) is 0 Å². The second-order valence-corrected chi connectivity index (χ2v) is 7.05. The highest BCUT2D eigenvalue weighted by Gasteiger charge is 2.45. The molecule has 0 N–H and O–H groups in total. The first kappa shape index (κ1) is 17.9. The van der Waals surface area contributed by atoms with Crippen molar-refractivity contribution in [3.05, 3.63) is 59.6 Å². The van der Waals surface area contributed by atoms with Crippen molar-refractivity contribution in [1.29, 1.82) is 0 Å². The van der Waals surface area contributed by atoms with Crippen molar-refractivity contribution in [1.82, 2.24) is 14.5 Å². The third-order valence-electron chi connectivity index (χ3n) is 5.09. The zero-order valence-electron chi connectivity index (χ0n) is 15.1. The van der Waals surface area contributed by atoms with Gasteiger partial charge < -0.3 is 14.0 Å². The largest absolute Gasteiger partial charge is 0.454 e. The van der Waals surface area contributed by atoms with Gasteiger partial charge in [0.15, 0.2) is 12.3 Å². The zero-order valence-corrected chi connectivity index (χ0v) is 15.8. The lowest BCUT2D eigenvalue weighted by atomic mass is 9.98. The summed E-state index contributed by atoms with van der Waals surface area (Å²) in [6.07, 6.45) is 3.17. The Morgan fingerprint density at radius 2 is 2.04 bits per heavy atom. The van der Waals surface area contributed by atoms with Crippen LogP contribution in [0.25, 0.3) is 11.0 Å². The van der Waals surface area contributed by atoms with Crippen LogP contribution in [0.1, 0.15) is 36.9 Å². The van der Waals surface area contributed by atoms with Gasteiger partial charge in [-0.1, -0.05) is 43.6 Å². The van der Waals surface area contributed by atoms with E-state index in [1.807, 2.05) is 42.0 Å². The van der Waals surface area contributed by atoms with Crippen LogP contribution in [0, 0.1) is 5.92 Å². The summed E-state index contributed by atoms with van der Waals surface area (Å²) in [7, 11) is 0. The van der Waals surface area contributed by atoms with Gasteiger partial charge in [-0.15, -0.1) is 0 Å². The number of nitrogens with zero attached hydrogens (tertiary/aromatic N) is 3. The molecule has 1 aliphatic rings. The third-order valence-corrected chi connectivity index (χ3v) is 5.39. The fraction of sp³-hybridized carbons (Fsp3) is 0.350. The minimum absolute atomic E-state index is 0.0154. The van der Waals surface area contributed by atoms with Crippen LogP contribution < -0.4 is 0 Å². The van der Waals surface area contributed by atoms with Crippen LogP contribution in [0.4, 0.5) is 0 Å². The van der Waals surface area contributed by atoms with Crippen LogP contribution in [0.3, 0.4) is 0 Å². The molecule has 1 saturated heterocycles. The molecular weight excluding hydrogens is 366 g/mol. The normalized spacial score (nSPS) is 25.0. The summed E-state index contributed by atoms with van der Waals surface area (Å²) in [6, 6.07) is 10.8. The number of benzene rings is 1. The average molecular weight is 386 g/mol. The third kappa shape index (κ3) is 3.19. The molecule has 3 aromatic rings. The van der Waals surface area contributed by atoms with Gasteiger partial charge in [-0.25, -0.2) is 14.8 Å². The molecule has 1 fully saturated rings. The molecule has 0 spiro atoms. The van der Waals surface area contributed by atoms with E-state index in [9.17, 15) is 4.79 Å². The number of esters is 1. The lowest BCUT2D eigenvalue weighted by Gasteiger charge is -2.23. The van der Waals surface area contributed by atoms with Crippen LogP contribution in [-0.4, -0.2) is 32.7 Å². The Kier molecular flexibility index (Phi) is 4.85. The van der Waals surface area contributed by atoms with E-state index in [2.05, 4.69) is 16.9 Å². The molecule has 2 aromatic heterocycles. The molecule has 4 rings (SSSR count). The number of rotatable bonds is 4. The lowest BCUT2D eigenvalue weighted by molar-refractivity contribution is -0.0466. The monoisotopic (exact) mass is 385 g/mol. The fourth-order valence-electron chi connectivity index (χ4n) is 3.62. The van der Waals surface area contributed by atoms with Gasteiger partial charge in [-0.2, -0.15) is 0 Å². The van der Waals surface area contributed by atoms with Crippen molar-refractivity contribution in [2.24, 2.45) is 5.92 Å². The number of carbonyl (C=O) groups is 1. The molecule has 27 heavy (non-hydrogen) atoms. The minimum atomic E-state index is -0.471. The summed E-state index contributed by atoms with van der Waals surface area (Å²) >= 11 is 6.17. The summed E-state index contributed by atoms with van der Waals surface area (Å²) in [5, 5.41) is 1.12. The summed E-state index contributed by atoms with van der Waals surface area (Å²) in [4.78, 5) is 21.0. The highest BCUT2D eigenvalue weighted by atomic mass is 35.5. The summed E-state index contributed by atoms with van der Waals surface area (Å²) in [5.41, 5.74) is 1.18. The number of carbonyl (C=O) groups excluding carboxylic acids is 1. The van der Waals surface area contributed by atoms with Gasteiger partial charge in [-0.05, 0) is 24.6 Å². The Bertz CT molecular complexity index is 960. The second kappa shape index (κ2) is 7.29. The predicted molar refractivity (Wildman–Crippen MR) is 102 cm³/mol. The minimum Gasteiger partial charge on any atom is -0.454 e. The zero-order chi connectivity index (χ0) is 19.0. The van der Waals surface area contributed by atoms with E-state index in [4.69, 9.17) is 21.1 Å². The van der Waals surface area contributed by atoms with Crippen molar-refractivity contribution in [3.8, 4) is 0 Å². The molecule has 0 amide bonds. The smallest absolute Gasteiger partial charge is 0.338 e. The number of fused-ring (bicyclic) bond motifs is 1. The van der Waals surface area contributed by atoms with E-state index in [-0.39, 0.29) is 18.0 Å². The van der Waals surface area contributed by atoms with Gasteiger partial charge in [0.25, 0.3) is 0 Å². The Morgan fingerprint density at radius 1 is 1.26 bits per heavy atom. The van der Waals surface area contributed by atoms with Crippen LogP contribution in [0.15, 0.2) is 48.9 Å². The van der Waals surface area contributed by atoms with E-state index in [0.29, 0.717) is 16.4 Å². The standard InChI is InChI=1S/C20H20ClN3O3/c1-3-15-12(2)16(27-20(25)13-7-5-4-6-8-13)19(26-15)24-10-9-14-17(21)22-11-23-18(14)24/h4-12,15-16,19H,3H2,1-2H3/t12-,15-,16?,19-/m1/s1. The van der Waals surface area contributed by atoms with Crippen molar-refractivity contribution in [2.75, 3.05) is 0 Å². The van der Waals surface area contributed by atoms with Gasteiger partial charge in [0.2, 0.25) is 0 Å². The number of aromatic nitrogens is 3. The van der Waals surface area contributed by atoms with E-state index in [1.54, 1.807) is 12.1 Å². The molecule has 0 aliphatic carbocycles. The summed E-state index contributed by atoms with van der Waals surface area (Å²) < 4.78 is 14.0. The maximum absolute atomic E-state index is 12.6. The molecule has 1 aliphatic heterocycles. The van der Waals surface area contributed by atoms with Gasteiger partial charge in [0.1, 0.15) is 17.1 Å². The molecule has 1 unspecified atom stereocenters. The maximum Gasteiger partial charge on any atom is 0.338 e. The fourth-order valence-corrected chi connectivity index (χ4v) is 3.81. The first-order valence-electron chi connectivity index (χ1n) is 8.98. The highest BCUT2D eigenvalue weighted by Crippen LogP contribution is 2.39. The Morgan fingerprint density at radius 3 is 2.78 bits per heavy atom. The molecule has 0 saturated carbocycles. The first-order chi connectivity index (χ1) is 13.1. The van der Waals surface area contributed by atoms with Crippen molar-refractivity contribution in [3.63, 3.8) is 0 Å². The van der Waals surface area contributed by atoms with Gasteiger partial charge in [0.05, 0.1) is 17.1 Å². The first-order valence-corrected chi connectivity index (χ1v) is 9.36. The highest BCUT2D eigenvalue weighted by molar-refractivity contribution is 6.33. The topological polar surface area (TPSA) is 66.2 Å². The van der Waals surface area contributed by atoms with E-state index in [0.717, 1.165) is 11.8 Å². The molecule has 6 nitrogen and oxygen atoms in total.